The zero-order valence-corrected chi connectivity index (χ0v) is 14.3. The summed E-state index contributed by atoms with van der Waals surface area (Å²) >= 11 is 0. The Morgan fingerprint density at radius 1 is 1.24 bits per heavy atom. The molecule has 2 heterocycles. The Hall–Kier alpha value is -0.610. The summed E-state index contributed by atoms with van der Waals surface area (Å²) in [5.41, 5.74) is 0. The Morgan fingerprint density at radius 3 is 2.38 bits per heavy atom. The van der Waals surface area contributed by atoms with Crippen LogP contribution in [0.25, 0.3) is 0 Å². The molecule has 0 saturated carbocycles. The SMILES string of the molecule is CCC(C)C1NC(C(C)C)N(C(C)C2CCOCC2)C1=O. The van der Waals surface area contributed by atoms with E-state index in [4.69, 9.17) is 4.74 Å². The molecule has 1 N–H and O–H groups in total. The molecule has 2 rings (SSSR count). The molecule has 4 heteroatoms. The van der Waals surface area contributed by atoms with Gasteiger partial charge in [0, 0.05) is 19.3 Å². The molecule has 1 amide bonds. The van der Waals surface area contributed by atoms with Gasteiger partial charge in [0.2, 0.25) is 5.91 Å². The number of nitrogens with zero attached hydrogens (tertiary/aromatic N) is 1. The quantitative estimate of drug-likeness (QED) is 0.848. The summed E-state index contributed by atoms with van der Waals surface area (Å²) in [6.07, 6.45) is 3.36. The fourth-order valence-electron chi connectivity index (χ4n) is 3.67. The second-order valence-electron chi connectivity index (χ2n) is 7.15. The molecule has 4 unspecified atom stereocenters. The number of nitrogens with one attached hydrogen (secondary N) is 1. The van der Waals surface area contributed by atoms with Crippen molar-refractivity contribution in [2.45, 2.75) is 72.1 Å². The first kappa shape index (κ1) is 16.8. The second kappa shape index (κ2) is 7.10. The molecule has 0 aliphatic carbocycles. The van der Waals surface area contributed by atoms with E-state index in [2.05, 4.69) is 44.8 Å². The van der Waals surface area contributed by atoms with Gasteiger partial charge in [-0.15, -0.1) is 0 Å². The Balaban J connectivity index is 2.15. The van der Waals surface area contributed by atoms with Crippen molar-refractivity contribution < 1.29 is 9.53 Å². The van der Waals surface area contributed by atoms with Crippen molar-refractivity contribution in [3.63, 3.8) is 0 Å². The molecule has 0 bridgehead atoms. The molecule has 2 aliphatic rings. The Labute approximate surface area is 129 Å². The summed E-state index contributed by atoms with van der Waals surface area (Å²) < 4.78 is 5.47. The number of amides is 1. The molecule has 0 aromatic rings. The fraction of sp³-hybridized carbons (Fsp3) is 0.941. The van der Waals surface area contributed by atoms with Crippen molar-refractivity contribution in [3.8, 4) is 0 Å². The van der Waals surface area contributed by atoms with Gasteiger partial charge in [-0.05, 0) is 37.5 Å². The van der Waals surface area contributed by atoms with Crippen molar-refractivity contribution in [1.29, 1.82) is 0 Å². The predicted molar refractivity (Wildman–Crippen MR) is 84.9 cm³/mol. The lowest BCUT2D eigenvalue weighted by Gasteiger charge is -2.38. The zero-order chi connectivity index (χ0) is 15.6. The first-order valence-corrected chi connectivity index (χ1v) is 8.63. The van der Waals surface area contributed by atoms with Gasteiger partial charge in [-0.1, -0.05) is 34.1 Å². The summed E-state index contributed by atoms with van der Waals surface area (Å²) in [4.78, 5) is 15.1. The largest absolute Gasteiger partial charge is 0.381 e. The fourth-order valence-corrected chi connectivity index (χ4v) is 3.67. The van der Waals surface area contributed by atoms with Crippen LogP contribution in [0.1, 0.15) is 53.9 Å². The third kappa shape index (κ3) is 3.42. The smallest absolute Gasteiger partial charge is 0.241 e. The maximum absolute atomic E-state index is 12.9. The predicted octanol–water partition coefficient (Wildman–Crippen LogP) is 2.63. The van der Waals surface area contributed by atoms with E-state index in [-0.39, 0.29) is 12.2 Å². The monoisotopic (exact) mass is 296 g/mol. The van der Waals surface area contributed by atoms with Gasteiger partial charge >= 0.3 is 0 Å². The minimum atomic E-state index is -0.00955. The van der Waals surface area contributed by atoms with Crippen molar-refractivity contribution >= 4 is 5.91 Å². The maximum atomic E-state index is 12.9. The van der Waals surface area contributed by atoms with Gasteiger partial charge in [-0.25, -0.2) is 0 Å². The highest BCUT2D eigenvalue weighted by Gasteiger charge is 2.45. The molecule has 0 aromatic heterocycles. The van der Waals surface area contributed by atoms with E-state index >= 15 is 0 Å². The number of hydrogen-bond donors (Lipinski definition) is 1. The molecule has 122 valence electrons. The average Bonchev–Trinajstić information content (AvgIpc) is 2.84. The molecule has 2 saturated heterocycles. The standard InChI is InChI=1S/C17H32N2O2/c1-6-12(4)15-17(20)19(16(18-15)11(2)3)13(5)14-7-9-21-10-8-14/h11-16,18H,6-10H2,1-5H3. The summed E-state index contributed by atoms with van der Waals surface area (Å²) in [5, 5.41) is 3.61. The lowest BCUT2D eigenvalue weighted by molar-refractivity contribution is -0.135. The van der Waals surface area contributed by atoms with E-state index in [0.717, 1.165) is 32.5 Å². The van der Waals surface area contributed by atoms with Gasteiger partial charge in [0.1, 0.15) is 0 Å². The minimum Gasteiger partial charge on any atom is -0.381 e. The lowest BCUT2D eigenvalue weighted by atomic mass is 9.90. The molecular weight excluding hydrogens is 264 g/mol. The Morgan fingerprint density at radius 2 is 1.86 bits per heavy atom. The molecule has 4 atom stereocenters. The number of hydrogen-bond acceptors (Lipinski definition) is 3. The van der Waals surface area contributed by atoms with Gasteiger partial charge in [0.15, 0.2) is 0 Å². The van der Waals surface area contributed by atoms with Crippen LogP contribution in [0.2, 0.25) is 0 Å². The van der Waals surface area contributed by atoms with Crippen molar-refractivity contribution in [2.75, 3.05) is 13.2 Å². The number of ether oxygens (including phenoxy) is 1. The molecule has 0 aromatic carbocycles. The molecule has 0 spiro atoms. The van der Waals surface area contributed by atoms with E-state index in [0.29, 0.717) is 29.7 Å². The van der Waals surface area contributed by atoms with E-state index in [1.54, 1.807) is 0 Å². The van der Waals surface area contributed by atoms with Crippen LogP contribution in [0.5, 0.6) is 0 Å². The zero-order valence-electron chi connectivity index (χ0n) is 14.3. The summed E-state index contributed by atoms with van der Waals surface area (Å²) in [7, 11) is 0. The Bertz CT molecular complexity index is 353. The van der Waals surface area contributed by atoms with Crippen molar-refractivity contribution in [2.24, 2.45) is 17.8 Å². The molecule has 2 fully saturated rings. The van der Waals surface area contributed by atoms with Crippen molar-refractivity contribution in [1.82, 2.24) is 10.2 Å². The highest BCUT2D eigenvalue weighted by atomic mass is 16.5. The van der Waals surface area contributed by atoms with Crippen LogP contribution in [0.15, 0.2) is 0 Å². The highest BCUT2D eigenvalue weighted by Crippen LogP contribution is 2.30. The van der Waals surface area contributed by atoms with Gasteiger partial charge in [-0.3, -0.25) is 10.1 Å². The van der Waals surface area contributed by atoms with Gasteiger partial charge in [0.25, 0.3) is 0 Å². The first-order valence-electron chi connectivity index (χ1n) is 8.63. The lowest BCUT2D eigenvalue weighted by Crippen LogP contribution is -2.49. The van der Waals surface area contributed by atoms with Gasteiger partial charge < -0.3 is 9.64 Å². The number of carbonyl (C=O) groups excluding carboxylic acids is 1. The van der Waals surface area contributed by atoms with E-state index in [1.165, 1.54) is 0 Å². The van der Waals surface area contributed by atoms with Crippen LogP contribution in [0.3, 0.4) is 0 Å². The van der Waals surface area contributed by atoms with Crippen LogP contribution >= 0.6 is 0 Å². The van der Waals surface area contributed by atoms with Crippen molar-refractivity contribution in [3.05, 3.63) is 0 Å². The van der Waals surface area contributed by atoms with E-state index < -0.39 is 0 Å². The second-order valence-corrected chi connectivity index (χ2v) is 7.15. The molecular formula is C17H32N2O2. The van der Waals surface area contributed by atoms with Gasteiger partial charge in [0.05, 0.1) is 12.2 Å². The molecule has 0 radical (unpaired) electrons. The molecule has 4 nitrogen and oxygen atoms in total. The third-order valence-electron chi connectivity index (χ3n) is 5.40. The van der Waals surface area contributed by atoms with Crippen LogP contribution in [-0.4, -0.2) is 42.3 Å². The van der Waals surface area contributed by atoms with E-state index in [1.807, 2.05) is 0 Å². The average molecular weight is 296 g/mol. The molecule has 2 aliphatic heterocycles. The summed E-state index contributed by atoms with van der Waals surface area (Å²) in [5.74, 6) is 1.71. The molecule has 21 heavy (non-hydrogen) atoms. The highest BCUT2D eigenvalue weighted by molar-refractivity contribution is 5.85. The van der Waals surface area contributed by atoms with E-state index in [9.17, 15) is 4.79 Å². The van der Waals surface area contributed by atoms with Gasteiger partial charge in [-0.2, -0.15) is 0 Å². The number of carbonyl (C=O) groups is 1. The van der Waals surface area contributed by atoms with Crippen LogP contribution < -0.4 is 5.32 Å². The van der Waals surface area contributed by atoms with Crippen LogP contribution in [0, 0.1) is 17.8 Å². The van der Waals surface area contributed by atoms with Crippen LogP contribution in [-0.2, 0) is 9.53 Å². The number of rotatable bonds is 5. The normalized spacial score (nSPS) is 31.0. The summed E-state index contributed by atoms with van der Waals surface area (Å²) in [6, 6.07) is 0.292. The summed E-state index contributed by atoms with van der Waals surface area (Å²) in [6.45, 7) is 12.6. The third-order valence-corrected chi connectivity index (χ3v) is 5.40. The first-order chi connectivity index (χ1) is 9.97. The maximum Gasteiger partial charge on any atom is 0.241 e. The minimum absolute atomic E-state index is 0.00955. The Kier molecular flexibility index (Phi) is 5.67. The topological polar surface area (TPSA) is 41.6 Å². The van der Waals surface area contributed by atoms with Crippen LogP contribution in [0.4, 0.5) is 0 Å².